The van der Waals surface area contributed by atoms with Gasteiger partial charge in [0.2, 0.25) is 0 Å². The average molecular weight is 234 g/mol. The topological polar surface area (TPSA) is 35.5 Å². The number of aliphatic hydroxyl groups excluding tert-OH is 1. The maximum atomic E-state index is 9.47. The molecule has 1 aromatic carbocycles. The summed E-state index contributed by atoms with van der Waals surface area (Å²) in [7, 11) is 0. The van der Waals surface area contributed by atoms with Crippen LogP contribution in [0.5, 0.6) is 0 Å². The van der Waals surface area contributed by atoms with E-state index in [0.29, 0.717) is 0 Å². The second-order valence-electron chi connectivity index (χ2n) is 4.61. The molecule has 1 aliphatic rings. The lowest BCUT2D eigenvalue weighted by atomic mass is 10.1. The number of hydrogen-bond acceptors (Lipinski definition) is 3. The molecule has 94 valence electrons. The maximum absolute atomic E-state index is 9.47. The fourth-order valence-electron chi connectivity index (χ4n) is 2.36. The second kappa shape index (κ2) is 6.03. The summed E-state index contributed by atoms with van der Waals surface area (Å²) in [4.78, 5) is 2.32. The molecule has 0 aliphatic carbocycles. The van der Waals surface area contributed by atoms with Crippen LogP contribution in [-0.2, 0) is 6.42 Å². The molecule has 1 aromatic rings. The number of benzene rings is 1. The van der Waals surface area contributed by atoms with Gasteiger partial charge in [0.15, 0.2) is 0 Å². The Morgan fingerprint density at radius 1 is 1.35 bits per heavy atom. The predicted molar refractivity (Wildman–Crippen MR) is 71.5 cm³/mol. The summed E-state index contributed by atoms with van der Waals surface area (Å²) in [5, 5.41) is 12.8. The van der Waals surface area contributed by atoms with Gasteiger partial charge in [0.1, 0.15) is 0 Å². The van der Waals surface area contributed by atoms with E-state index in [0.717, 1.165) is 32.5 Å². The zero-order valence-corrected chi connectivity index (χ0v) is 10.5. The summed E-state index contributed by atoms with van der Waals surface area (Å²) in [6, 6.07) is 8.91. The predicted octanol–water partition coefficient (Wildman–Crippen LogP) is 1.41. The van der Waals surface area contributed by atoms with Crippen molar-refractivity contribution < 1.29 is 5.11 Å². The average Bonchev–Trinajstić information content (AvgIpc) is 2.64. The van der Waals surface area contributed by atoms with Crippen molar-refractivity contribution in [1.29, 1.82) is 0 Å². The van der Waals surface area contributed by atoms with E-state index < -0.39 is 0 Å². The van der Waals surface area contributed by atoms with Gasteiger partial charge in [-0.2, -0.15) is 0 Å². The van der Waals surface area contributed by atoms with Crippen LogP contribution in [0.4, 0.5) is 5.69 Å². The zero-order chi connectivity index (χ0) is 12.1. The van der Waals surface area contributed by atoms with Crippen molar-refractivity contribution in [3.05, 3.63) is 29.8 Å². The van der Waals surface area contributed by atoms with Crippen molar-refractivity contribution in [2.75, 3.05) is 31.1 Å². The van der Waals surface area contributed by atoms with Gasteiger partial charge in [-0.25, -0.2) is 0 Å². The van der Waals surface area contributed by atoms with Crippen LogP contribution in [-0.4, -0.2) is 37.4 Å². The molecule has 0 radical (unpaired) electrons. The summed E-state index contributed by atoms with van der Waals surface area (Å²) in [5.74, 6) is 0. The van der Waals surface area contributed by atoms with E-state index >= 15 is 0 Å². The zero-order valence-electron chi connectivity index (χ0n) is 10.5. The van der Waals surface area contributed by atoms with Crippen molar-refractivity contribution in [3.63, 3.8) is 0 Å². The van der Waals surface area contributed by atoms with Crippen LogP contribution in [0.2, 0.25) is 0 Å². The van der Waals surface area contributed by atoms with Crippen molar-refractivity contribution >= 4 is 5.69 Å². The minimum absolute atomic E-state index is 0.199. The van der Waals surface area contributed by atoms with Crippen molar-refractivity contribution in [2.24, 2.45) is 0 Å². The number of nitrogens with zero attached hydrogens (tertiary/aromatic N) is 1. The third-order valence-electron chi connectivity index (χ3n) is 3.46. The fraction of sp³-hybridized carbons (Fsp3) is 0.571. The fourth-order valence-corrected chi connectivity index (χ4v) is 2.36. The Morgan fingerprint density at radius 2 is 2.12 bits per heavy atom. The monoisotopic (exact) mass is 234 g/mol. The first kappa shape index (κ1) is 12.4. The Hall–Kier alpha value is -1.06. The molecular weight excluding hydrogens is 212 g/mol. The number of aryl methyl sites for hydroxylation is 1. The molecule has 1 atom stereocenters. The number of rotatable bonds is 3. The van der Waals surface area contributed by atoms with Crippen molar-refractivity contribution in [3.8, 4) is 0 Å². The van der Waals surface area contributed by atoms with Gasteiger partial charge in [-0.3, -0.25) is 0 Å². The Labute approximate surface area is 103 Å². The minimum atomic E-state index is 0.199. The number of aliphatic hydroxyl groups is 1. The summed E-state index contributed by atoms with van der Waals surface area (Å²) in [6.07, 6.45) is 2.21. The van der Waals surface area contributed by atoms with Crippen molar-refractivity contribution in [1.82, 2.24) is 5.32 Å². The SMILES string of the molecule is CCc1ccc(N2CCCNCC2CO)cc1. The molecular formula is C14H22N2O. The molecule has 17 heavy (non-hydrogen) atoms. The molecule has 0 amide bonds. The minimum Gasteiger partial charge on any atom is -0.394 e. The molecule has 1 heterocycles. The number of nitrogens with one attached hydrogen (secondary N) is 1. The van der Waals surface area contributed by atoms with Gasteiger partial charge in [-0.05, 0) is 37.1 Å². The molecule has 0 aromatic heterocycles. The summed E-state index contributed by atoms with van der Waals surface area (Å²) in [6.45, 7) is 5.31. The van der Waals surface area contributed by atoms with Gasteiger partial charge >= 0.3 is 0 Å². The molecule has 0 spiro atoms. The van der Waals surface area contributed by atoms with Gasteiger partial charge < -0.3 is 15.3 Å². The molecule has 1 fully saturated rings. The van der Waals surface area contributed by atoms with Gasteiger partial charge in [0.05, 0.1) is 12.6 Å². The summed E-state index contributed by atoms with van der Waals surface area (Å²) in [5.41, 5.74) is 2.59. The van der Waals surface area contributed by atoms with E-state index in [1.54, 1.807) is 0 Å². The molecule has 0 bridgehead atoms. The first-order valence-electron chi connectivity index (χ1n) is 6.52. The van der Waals surface area contributed by atoms with Gasteiger partial charge in [-0.15, -0.1) is 0 Å². The molecule has 3 nitrogen and oxygen atoms in total. The van der Waals surface area contributed by atoms with E-state index in [-0.39, 0.29) is 12.6 Å². The van der Waals surface area contributed by atoms with Crippen LogP contribution in [0.15, 0.2) is 24.3 Å². The van der Waals surface area contributed by atoms with Gasteiger partial charge in [-0.1, -0.05) is 19.1 Å². The highest BCUT2D eigenvalue weighted by atomic mass is 16.3. The van der Waals surface area contributed by atoms with Crippen LogP contribution in [0.3, 0.4) is 0 Å². The van der Waals surface area contributed by atoms with E-state index in [9.17, 15) is 5.11 Å². The van der Waals surface area contributed by atoms with E-state index in [1.165, 1.54) is 11.3 Å². The molecule has 1 aliphatic heterocycles. The van der Waals surface area contributed by atoms with Crippen LogP contribution < -0.4 is 10.2 Å². The standard InChI is InChI=1S/C14H22N2O/c1-2-12-4-6-13(7-5-12)16-9-3-8-15-10-14(16)11-17/h4-7,14-15,17H,2-3,8-11H2,1H3. The molecule has 2 N–H and O–H groups in total. The Balaban J connectivity index is 2.16. The van der Waals surface area contributed by atoms with E-state index in [2.05, 4.69) is 41.4 Å². The number of hydrogen-bond donors (Lipinski definition) is 2. The maximum Gasteiger partial charge on any atom is 0.0647 e. The lowest BCUT2D eigenvalue weighted by molar-refractivity contribution is 0.260. The first-order chi connectivity index (χ1) is 8.35. The van der Waals surface area contributed by atoms with E-state index in [4.69, 9.17) is 0 Å². The summed E-state index contributed by atoms with van der Waals surface area (Å²) < 4.78 is 0. The molecule has 0 saturated carbocycles. The largest absolute Gasteiger partial charge is 0.394 e. The third-order valence-corrected chi connectivity index (χ3v) is 3.46. The molecule has 1 saturated heterocycles. The molecule has 1 unspecified atom stereocenters. The van der Waals surface area contributed by atoms with Crippen LogP contribution in [0.1, 0.15) is 18.9 Å². The second-order valence-corrected chi connectivity index (χ2v) is 4.61. The van der Waals surface area contributed by atoms with Crippen LogP contribution >= 0.6 is 0 Å². The first-order valence-corrected chi connectivity index (χ1v) is 6.52. The lowest BCUT2D eigenvalue weighted by Gasteiger charge is -2.30. The Kier molecular flexibility index (Phi) is 4.40. The quantitative estimate of drug-likeness (QED) is 0.830. The number of anilines is 1. The van der Waals surface area contributed by atoms with Crippen LogP contribution in [0, 0.1) is 0 Å². The Bertz CT molecular complexity index is 337. The smallest absolute Gasteiger partial charge is 0.0647 e. The summed E-state index contributed by atoms with van der Waals surface area (Å²) >= 11 is 0. The highest BCUT2D eigenvalue weighted by molar-refractivity contribution is 5.49. The van der Waals surface area contributed by atoms with Gasteiger partial charge in [0.25, 0.3) is 0 Å². The third kappa shape index (κ3) is 2.99. The van der Waals surface area contributed by atoms with Crippen molar-refractivity contribution in [2.45, 2.75) is 25.8 Å². The molecule has 3 heteroatoms. The molecule has 2 rings (SSSR count). The Morgan fingerprint density at radius 3 is 2.76 bits per heavy atom. The van der Waals surface area contributed by atoms with E-state index in [1.807, 2.05) is 0 Å². The highest BCUT2D eigenvalue weighted by Gasteiger charge is 2.19. The van der Waals surface area contributed by atoms with Gasteiger partial charge in [0, 0.05) is 18.8 Å². The normalized spacial score (nSPS) is 21.3. The highest BCUT2D eigenvalue weighted by Crippen LogP contribution is 2.19. The van der Waals surface area contributed by atoms with Crippen LogP contribution in [0.25, 0.3) is 0 Å². The lowest BCUT2D eigenvalue weighted by Crippen LogP contribution is -2.42.